The molecule has 0 saturated carbocycles. The van der Waals surface area contributed by atoms with Crippen molar-refractivity contribution >= 4 is 11.8 Å². The molecule has 2 heterocycles. The molecule has 3 rings (SSSR count). The van der Waals surface area contributed by atoms with Gasteiger partial charge in [0.05, 0.1) is 12.7 Å². The van der Waals surface area contributed by atoms with Crippen LogP contribution in [-0.2, 0) is 22.7 Å². The molecule has 0 N–H and O–H groups in total. The van der Waals surface area contributed by atoms with Crippen LogP contribution < -0.4 is 0 Å². The highest BCUT2D eigenvalue weighted by atomic mass is 16.2. The van der Waals surface area contributed by atoms with E-state index in [4.69, 9.17) is 0 Å². The molecule has 6 nitrogen and oxygen atoms in total. The van der Waals surface area contributed by atoms with Gasteiger partial charge in [-0.05, 0) is 12.5 Å². The maximum Gasteiger partial charge on any atom is 0.242 e. The monoisotopic (exact) mass is 340 g/mol. The normalized spacial score (nSPS) is 17.1. The fraction of sp³-hybridized carbons (Fsp3) is 0.421. The summed E-state index contributed by atoms with van der Waals surface area (Å²) < 4.78 is 1.84. The van der Waals surface area contributed by atoms with Crippen molar-refractivity contribution in [2.24, 2.45) is 0 Å². The van der Waals surface area contributed by atoms with Gasteiger partial charge in [0.1, 0.15) is 0 Å². The summed E-state index contributed by atoms with van der Waals surface area (Å²) in [6.07, 6.45) is 4.19. The van der Waals surface area contributed by atoms with Crippen molar-refractivity contribution in [3.63, 3.8) is 0 Å². The van der Waals surface area contributed by atoms with Crippen LogP contribution in [0.1, 0.15) is 30.4 Å². The van der Waals surface area contributed by atoms with Crippen LogP contribution >= 0.6 is 0 Å². The highest BCUT2D eigenvalue weighted by Gasteiger charge is 2.32. The summed E-state index contributed by atoms with van der Waals surface area (Å²) in [6, 6.07) is 10.0. The number of nitrogens with zero attached hydrogens (tertiary/aromatic N) is 4. The first kappa shape index (κ1) is 17.2. The Morgan fingerprint density at radius 2 is 2.08 bits per heavy atom. The summed E-state index contributed by atoms with van der Waals surface area (Å²) in [4.78, 5) is 28.1. The van der Waals surface area contributed by atoms with Gasteiger partial charge in [-0.25, -0.2) is 0 Å². The summed E-state index contributed by atoms with van der Waals surface area (Å²) in [6.45, 7) is 4.08. The van der Waals surface area contributed by atoms with Crippen molar-refractivity contribution in [1.82, 2.24) is 19.6 Å². The van der Waals surface area contributed by atoms with E-state index in [2.05, 4.69) is 5.10 Å². The molecule has 1 atom stereocenters. The molecule has 132 valence electrons. The number of carbonyl (C=O) groups is 2. The molecule has 2 aromatic rings. The summed E-state index contributed by atoms with van der Waals surface area (Å²) in [5.74, 6) is 0.176. The highest BCUT2D eigenvalue weighted by Crippen LogP contribution is 2.27. The Balaban J connectivity index is 1.56. The van der Waals surface area contributed by atoms with Crippen LogP contribution in [0.25, 0.3) is 0 Å². The zero-order chi connectivity index (χ0) is 17.8. The van der Waals surface area contributed by atoms with Gasteiger partial charge < -0.3 is 9.80 Å². The standard InChI is InChI=1S/C19H24N4O2/c1-3-23-12-15(10-20-23)11-21(2)19(25)14-22-13-17(9-18(22)24)16-7-5-4-6-8-16/h4-8,10,12,17H,3,9,11,13-14H2,1-2H3. The number of rotatable bonds is 6. The third-order valence-electron chi connectivity index (χ3n) is 4.67. The number of hydrogen-bond acceptors (Lipinski definition) is 3. The smallest absolute Gasteiger partial charge is 0.242 e. The van der Waals surface area contributed by atoms with Crippen LogP contribution in [0.2, 0.25) is 0 Å². The summed E-state index contributed by atoms with van der Waals surface area (Å²) in [5, 5.41) is 4.22. The van der Waals surface area contributed by atoms with Gasteiger partial charge in [-0.1, -0.05) is 30.3 Å². The lowest BCUT2D eigenvalue weighted by molar-refractivity contribution is -0.137. The summed E-state index contributed by atoms with van der Waals surface area (Å²) in [5.41, 5.74) is 2.15. The third kappa shape index (κ3) is 4.07. The molecule has 2 amide bonds. The van der Waals surface area contributed by atoms with Crippen LogP contribution in [-0.4, -0.2) is 51.5 Å². The second-order valence-electron chi connectivity index (χ2n) is 6.54. The van der Waals surface area contributed by atoms with Crippen molar-refractivity contribution in [2.45, 2.75) is 32.4 Å². The van der Waals surface area contributed by atoms with E-state index in [-0.39, 0.29) is 24.3 Å². The van der Waals surface area contributed by atoms with Gasteiger partial charge in [-0.3, -0.25) is 14.3 Å². The average molecular weight is 340 g/mol. The maximum atomic E-state index is 12.5. The molecule has 0 aliphatic carbocycles. The van der Waals surface area contributed by atoms with E-state index < -0.39 is 0 Å². The molecule has 1 unspecified atom stereocenters. The predicted octanol–water partition coefficient (Wildman–Crippen LogP) is 1.88. The number of amides is 2. The lowest BCUT2D eigenvalue weighted by atomic mass is 9.99. The number of hydrogen-bond donors (Lipinski definition) is 0. The number of aromatic nitrogens is 2. The first-order valence-corrected chi connectivity index (χ1v) is 8.64. The quantitative estimate of drug-likeness (QED) is 0.807. The van der Waals surface area contributed by atoms with Crippen LogP contribution in [0.15, 0.2) is 42.7 Å². The van der Waals surface area contributed by atoms with E-state index in [1.54, 1.807) is 23.0 Å². The number of likely N-dealkylation sites (N-methyl/N-ethyl adjacent to an activating group) is 1. The number of aryl methyl sites for hydroxylation is 1. The first-order chi connectivity index (χ1) is 12.1. The fourth-order valence-electron chi connectivity index (χ4n) is 3.18. The van der Waals surface area contributed by atoms with Gasteiger partial charge in [0.25, 0.3) is 0 Å². The van der Waals surface area contributed by atoms with Crippen LogP contribution in [0.5, 0.6) is 0 Å². The summed E-state index contributed by atoms with van der Waals surface area (Å²) in [7, 11) is 1.76. The third-order valence-corrected chi connectivity index (χ3v) is 4.67. The van der Waals surface area contributed by atoms with E-state index in [1.807, 2.05) is 48.1 Å². The first-order valence-electron chi connectivity index (χ1n) is 8.64. The SMILES string of the molecule is CCn1cc(CN(C)C(=O)CN2CC(c3ccccc3)CC2=O)cn1. The average Bonchev–Trinajstić information content (AvgIpc) is 3.22. The van der Waals surface area contributed by atoms with Gasteiger partial charge >= 0.3 is 0 Å². The maximum absolute atomic E-state index is 12.5. The lowest BCUT2D eigenvalue weighted by Gasteiger charge is -2.21. The van der Waals surface area contributed by atoms with Crippen LogP contribution in [0.4, 0.5) is 0 Å². The lowest BCUT2D eigenvalue weighted by Crippen LogP contribution is -2.38. The molecule has 1 fully saturated rings. The van der Waals surface area contributed by atoms with Crippen molar-refractivity contribution in [2.75, 3.05) is 20.1 Å². The Hall–Kier alpha value is -2.63. The van der Waals surface area contributed by atoms with Crippen LogP contribution in [0, 0.1) is 0 Å². The second-order valence-corrected chi connectivity index (χ2v) is 6.54. The van der Waals surface area contributed by atoms with Gasteiger partial charge in [-0.15, -0.1) is 0 Å². The molecule has 1 aliphatic rings. The highest BCUT2D eigenvalue weighted by molar-refractivity contribution is 5.86. The van der Waals surface area contributed by atoms with E-state index in [0.29, 0.717) is 19.5 Å². The number of carbonyl (C=O) groups excluding carboxylic acids is 2. The molecular weight excluding hydrogens is 316 g/mol. The molecule has 25 heavy (non-hydrogen) atoms. The van der Waals surface area contributed by atoms with E-state index >= 15 is 0 Å². The van der Waals surface area contributed by atoms with Crippen LogP contribution in [0.3, 0.4) is 0 Å². The van der Waals surface area contributed by atoms with Gasteiger partial charge in [0, 0.05) is 50.8 Å². The van der Waals surface area contributed by atoms with E-state index in [9.17, 15) is 9.59 Å². The molecule has 1 aromatic heterocycles. The Morgan fingerprint density at radius 3 is 2.76 bits per heavy atom. The molecular formula is C19H24N4O2. The fourth-order valence-corrected chi connectivity index (χ4v) is 3.18. The van der Waals surface area contributed by atoms with Crippen molar-refractivity contribution < 1.29 is 9.59 Å². The predicted molar refractivity (Wildman–Crippen MR) is 94.8 cm³/mol. The molecule has 0 bridgehead atoms. The largest absolute Gasteiger partial charge is 0.340 e. The van der Waals surface area contributed by atoms with Crippen molar-refractivity contribution in [1.29, 1.82) is 0 Å². The Bertz CT molecular complexity index is 741. The van der Waals surface area contributed by atoms with Crippen molar-refractivity contribution in [3.8, 4) is 0 Å². The minimum atomic E-state index is -0.0497. The minimum absolute atomic E-state index is 0.0497. The van der Waals surface area contributed by atoms with E-state index in [1.165, 1.54) is 0 Å². The second kappa shape index (κ2) is 7.51. The van der Waals surface area contributed by atoms with Gasteiger partial charge in [-0.2, -0.15) is 5.10 Å². The molecule has 1 aromatic carbocycles. The Morgan fingerprint density at radius 1 is 1.32 bits per heavy atom. The zero-order valence-corrected chi connectivity index (χ0v) is 14.8. The molecule has 0 spiro atoms. The molecule has 1 saturated heterocycles. The van der Waals surface area contributed by atoms with E-state index in [0.717, 1.165) is 17.7 Å². The molecule has 1 aliphatic heterocycles. The Labute approximate surface area is 148 Å². The minimum Gasteiger partial charge on any atom is -0.340 e. The Kier molecular flexibility index (Phi) is 5.16. The topological polar surface area (TPSA) is 58.4 Å². The van der Waals surface area contributed by atoms with Gasteiger partial charge in [0.2, 0.25) is 11.8 Å². The number of likely N-dealkylation sites (tertiary alicyclic amines) is 1. The number of benzene rings is 1. The summed E-state index contributed by atoms with van der Waals surface area (Å²) >= 11 is 0. The molecule has 0 radical (unpaired) electrons. The zero-order valence-electron chi connectivity index (χ0n) is 14.8. The molecule has 6 heteroatoms. The van der Waals surface area contributed by atoms with Crippen molar-refractivity contribution in [3.05, 3.63) is 53.9 Å². The van der Waals surface area contributed by atoms with Gasteiger partial charge in [0.15, 0.2) is 0 Å².